The van der Waals surface area contributed by atoms with Crippen LogP contribution in [0.25, 0.3) is 16.8 Å². The number of nitrogens with zero attached hydrogens (tertiary/aromatic N) is 2. The summed E-state index contributed by atoms with van der Waals surface area (Å²) in [6, 6.07) is 8.63. The van der Waals surface area contributed by atoms with Crippen LogP contribution in [0.2, 0.25) is 0 Å². The number of halogens is 6. The predicted molar refractivity (Wildman–Crippen MR) is 151 cm³/mol. The van der Waals surface area contributed by atoms with Gasteiger partial charge < -0.3 is 30.8 Å². The largest absolute Gasteiger partial charge is 0.430 e. The maximum absolute atomic E-state index is 13.2. The number of pyridine rings is 1. The molecule has 9 nitrogen and oxygen atoms in total. The van der Waals surface area contributed by atoms with E-state index in [4.69, 9.17) is 0 Å². The number of anilines is 2. The van der Waals surface area contributed by atoms with Crippen molar-refractivity contribution in [3.63, 3.8) is 0 Å². The molecule has 2 aromatic heterocycles. The van der Waals surface area contributed by atoms with Crippen LogP contribution >= 0.6 is 0 Å². The van der Waals surface area contributed by atoms with Crippen molar-refractivity contribution < 1.29 is 41.0 Å². The molecule has 0 bridgehead atoms. The van der Waals surface area contributed by atoms with Crippen LogP contribution in [0.3, 0.4) is 0 Å². The highest BCUT2D eigenvalue weighted by Crippen LogP contribution is 2.50. The van der Waals surface area contributed by atoms with Crippen molar-refractivity contribution in [2.24, 2.45) is 0 Å². The maximum atomic E-state index is 13.2. The maximum Gasteiger partial charge on any atom is 0.430 e. The van der Waals surface area contributed by atoms with Crippen molar-refractivity contribution in [3.8, 4) is 11.1 Å². The number of hydrogen-bond acceptors (Lipinski definition) is 5. The van der Waals surface area contributed by atoms with Gasteiger partial charge in [0.2, 0.25) is 0 Å². The second kappa shape index (κ2) is 12.5. The standard InChI is InChI=1S/C29H28F6N6O3/c1-17-21(19-15-23(24-37-13-14-41(24)16-19)40-26(43)38-12-4-11-36-2)5-3-6-22(17)39-25(42)18-7-9-20(10-8-18)27(44,28(30,31)32)29(33,34)35/h3,5-10,13-16,36,44H,4,11-12H2,1-2H3,(H,39,42)(H2,38,40,43). The van der Waals surface area contributed by atoms with Gasteiger partial charge in [-0.15, -0.1) is 0 Å². The van der Waals surface area contributed by atoms with Crippen molar-refractivity contribution in [2.45, 2.75) is 31.3 Å². The van der Waals surface area contributed by atoms with E-state index in [9.17, 15) is 41.0 Å². The second-order valence-electron chi connectivity index (χ2n) is 9.85. The SMILES string of the molecule is CNCCCNC(=O)Nc1cc(-c2cccc(NC(=O)c3ccc(C(O)(C(F)(F)F)C(F)(F)F)cc3)c2C)cn2ccnc12. The minimum Gasteiger partial charge on any atom is -0.369 e. The Morgan fingerprint density at radius 2 is 1.61 bits per heavy atom. The van der Waals surface area contributed by atoms with E-state index in [1.165, 1.54) is 0 Å². The zero-order chi connectivity index (χ0) is 32.3. The molecule has 0 unspecified atom stereocenters. The summed E-state index contributed by atoms with van der Waals surface area (Å²) in [6.07, 6.45) is -6.33. The van der Waals surface area contributed by atoms with Gasteiger partial charge in [-0.05, 0) is 62.3 Å². The van der Waals surface area contributed by atoms with Crippen molar-refractivity contribution in [1.82, 2.24) is 20.0 Å². The third-order valence-corrected chi connectivity index (χ3v) is 6.90. The molecule has 2 aromatic carbocycles. The number of imidazole rings is 1. The van der Waals surface area contributed by atoms with Crippen molar-refractivity contribution >= 4 is 29.0 Å². The van der Waals surface area contributed by atoms with Crippen LogP contribution in [0.15, 0.2) is 67.1 Å². The summed E-state index contributed by atoms with van der Waals surface area (Å²) >= 11 is 0. The van der Waals surface area contributed by atoms with Gasteiger partial charge in [0, 0.05) is 47.5 Å². The Kier molecular flexibility index (Phi) is 9.20. The Morgan fingerprint density at radius 3 is 2.25 bits per heavy atom. The molecule has 234 valence electrons. The van der Waals surface area contributed by atoms with Gasteiger partial charge in [0.25, 0.3) is 11.5 Å². The lowest BCUT2D eigenvalue weighted by Crippen LogP contribution is -2.53. The van der Waals surface area contributed by atoms with Crippen LogP contribution in [-0.2, 0) is 5.60 Å². The molecular formula is C29H28F6N6O3. The van der Waals surface area contributed by atoms with E-state index >= 15 is 0 Å². The molecule has 0 fully saturated rings. The zero-order valence-corrected chi connectivity index (χ0v) is 23.4. The summed E-state index contributed by atoms with van der Waals surface area (Å²) < 4.78 is 80.9. The molecule has 2 heterocycles. The van der Waals surface area contributed by atoms with Crippen molar-refractivity contribution in [1.29, 1.82) is 0 Å². The third kappa shape index (κ3) is 6.48. The number of hydrogen-bond donors (Lipinski definition) is 5. The number of fused-ring (bicyclic) bond motifs is 1. The summed E-state index contributed by atoms with van der Waals surface area (Å²) in [7, 11) is 1.81. The summed E-state index contributed by atoms with van der Waals surface area (Å²) in [6.45, 7) is 2.89. The molecule has 3 amide bonds. The lowest BCUT2D eigenvalue weighted by molar-refractivity contribution is -0.376. The van der Waals surface area contributed by atoms with Crippen LogP contribution in [0.5, 0.6) is 0 Å². The number of aromatic nitrogens is 2. The molecule has 0 saturated carbocycles. The quantitative estimate of drug-likeness (QED) is 0.123. The molecule has 44 heavy (non-hydrogen) atoms. The molecule has 4 aromatic rings. The Balaban J connectivity index is 1.58. The highest BCUT2D eigenvalue weighted by Gasteiger charge is 2.71. The number of urea groups is 1. The van der Waals surface area contributed by atoms with Crippen molar-refractivity contribution in [3.05, 3.63) is 83.8 Å². The fourth-order valence-electron chi connectivity index (χ4n) is 4.53. The second-order valence-corrected chi connectivity index (χ2v) is 9.85. The van der Waals surface area contributed by atoms with Crippen LogP contribution < -0.4 is 21.3 Å². The molecule has 0 aliphatic carbocycles. The minimum absolute atomic E-state index is 0.239. The minimum atomic E-state index is -6.04. The van der Waals surface area contributed by atoms with Crippen LogP contribution in [0, 0.1) is 6.92 Å². The third-order valence-electron chi connectivity index (χ3n) is 6.90. The van der Waals surface area contributed by atoms with E-state index in [1.807, 2.05) is 7.05 Å². The zero-order valence-electron chi connectivity index (χ0n) is 23.4. The van der Waals surface area contributed by atoms with Gasteiger partial charge in [-0.2, -0.15) is 26.3 Å². The fraction of sp³-hybridized carbons (Fsp3) is 0.276. The number of aliphatic hydroxyl groups is 1. The normalized spacial score (nSPS) is 12.3. The monoisotopic (exact) mass is 622 g/mol. The lowest BCUT2D eigenvalue weighted by Gasteiger charge is -2.32. The first-order chi connectivity index (χ1) is 20.7. The molecule has 0 saturated heterocycles. The number of nitrogens with one attached hydrogen (secondary N) is 4. The fourth-order valence-corrected chi connectivity index (χ4v) is 4.53. The molecule has 0 radical (unpaired) electrons. The van der Waals surface area contributed by atoms with Crippen LogP contribution in [0.1, 0.15) is 27.9 Å². The smallest absolute Gasteiger partial charge is 0.369 e. The highest BCUT2D eigenvalue weighted by atomic mass is 19.4. The number of carbonyl (C=O) groups excluding carboxylic acids is 2. The van der Waals surface area contributed by atoms with Gasteiger partial charge >= 0.3 is 18.4 Å². The first-order valence-electron chi connectivity index (χ1n) is 13.2. The lowest BCUT2D eigenvalue weighted by atomic mass is 9.91. The van der Waals surface area contributed by atoms with E-state index in [0.717, 1.165) is 25.1 Å². The van der Waals surface area contributed by atoms with Crippen LogP contribution in [-0.4, -0.2) is 58.9 Å². The molecule has 0 aliphatic heterocycles. The first-order valence-corrected chi connectivity index (χ1v) is 13.2. The van der Waals surface area contributed by atoms with Crippen molar-refractivity contribution in [2.75, 3.05) is 30.8 Å². The summed E-state index contributed by atoms with van der Waals surface area (Å²) in [5.41, 5.74) is -3.68. The summed E-state index contributed by atoms with van der Waals surface area (Å²) in [5, 5.41) is 20.8. The summed E-state index contributed by atoms with van der Waals surface area (Å²) in [5.74, 6) is -0.804. The average Bonchev–Trinajstić information content (AvgIpc) is 3.44. The molecule has 0 spiro atoms. The average molecular weight is 623 g/mol. The van der Waals surface area contributed by atoms with E-state index in [-0.39, 0.29) is 5.56 Å². The predicted octanol–water partition coefficient (Wildman–Crippen LogP) is 5.61. The number of rotatable bonds is 9. The van der Waals surface area contributed by atoms with E-state index in [2.05, 4.69) is 26.3 Å². The number of benzene rings is 2. The molecule has 4 rings (SSSR count). The van der Waals surface area contributed by atoms with Gasteiger partial charge in [0.15, 0.2) is 5.65 Å². The Hall–Kier alpha value is -4.63. The number of carbonyl (C=O) groups is 2. The van der Waals surface area contributed by atoms with E-state index in [1.54, 1.807) is 54.2 Å². The van der Waals surface area contributed by atoms with Gasteiger partial charge in [-0.1, -0.05) is 24.3 Å². The van der Waals surface area contributed by atoms with Gasteiger partial charge in [0.05, 0.1) is 5.69 Å². The molecular weight excluding hydrogens is 594 g/mol. The molecule has 0 aliphatic rings. The number of amides is 3. The highest BCUT2D eigenvalue weighted by molar-refractivity contribution is 6.05. The van der Waals surface area contributed by atoms with E-state index in [0.29, 0.717) is 52.4 Å². The Labute approximate surface area is 247 Å². The Morgan fingerprint density at radius 1 is 0.932 bits per heavy atom. The first kappa shape index (κ1) is 32.3. The van der Waals surface area contributed by atoms with Gasteiger partial charge in [0.1, 0.15) is 0 Å². The van der Waals surface area contributed by atoms with E-state index < -0.39 is 35.5 Å². The molecule has 0 atom stereocenters. The Bertz CT molecular complexity index is 1640. The van der Waals surface area contributed by atoms with Gasteiger partial charge in [-0.25, -0.2) is 9.78 Å². The van der Waals surface area contributed by atoms with Crippen LogP contribution in [0.4, 0.5) is 42.5 Å². The number of alkyl halides is 6. The topological polar surface area (TPSA) is 120 Å². The summed E-state index contributed by atoms with van der Waals surface area (Å²) in [4.78, 5) is 29.7. The molecule has 15 heteroatoms. The van der Waals surface area contributed by atoms with Gasteiger partial charge in [-0.3, -0.25) is 4.79 Å². The molecule has 5 N–H and O–H groups in total.